The summed E-state index contributed by atoms with van der Waals surface area (Å²) in [5.41, 5.74) is 2.72. The molecule has 4 aromatic rings. The van der Waals surface area contributed by atoms with Gasteiger partial charge < -0.3 is 19.6 Å². The van der Waals surface area contributed by atoms with Gasteiger partial charge >= 0.3 is 11.9 Å². The van der Waals surface area contributed by atoms with Crippen molar-refractivity contribution in [3.8, 4) is 0 Å². The number of imidazole rings is 1. The monoisotopic (exact) mass is 417 g/mol. The molecular weight excluding hydrogens is 398 g/mol. The minimum Gasteiger partial charge on any atom is -0.508 e. The van der Waals surface area contributed by atoms with Crippen LogP contribution in [-0.2, 0) is 14.3 Å². The van der Waals surface area contributed by atoms with E-state index in [0.29, 0.717) is 33.2 Å². The number of aromatic nitrogens is 3. The van der Waals surface area contributed by atoms with Crippen LogP contribution in [0.4, 0.5) is 0 Å². The second-order valence-corrected chi connectivity index (χ2v) is 6.82. The van der Waals surface area contributed by atoms with Gasteiger partial charge in [-0.25, -0.2) is 14.6 Å². The van der Waals surface area contributed by atoms with Crippen molar-refractivity contribution in [2.75, 3.05) is 13.7 Å². The van der Waals surface area contributed by atoms with Gasteiger partial charge in [-0.05, 0) is 31.2 Å². The summed E-state index contributed by atoms with van der Waals surface area (Å²) in [5, 5.41) is 11.2. The van der Waals surface area contributed by atoms with Gasteiger partial charge in [0.2, 0.25) is 0 Å². The number of pyridine rings is 1. The number of methoxy groups -OCH3 is 1. The van der Waals surface area contributed by atoms with Crippen LogP contribution in [0.15, 0.2) is 60.4 Å². The number of aliphatic hydroxyl groups is 1. The Kier molecular flexibility index (Phi) is 5.36. The van der Waals surface area contributed by atoms with Crippen molar-refractivity contribution in [3.63, 3.8) is 0 Å². The number of ether oxygens (including phenoxy) is 2. The van der Waals surface area contributed by atoms with E-state index in [1.54, 1.807) is 49.4 Å². The number of hydrogen-bond donors (Lipinski definition) is 2. The average molecular weight is 417 g/mol. The molecule has 0 unspecified atom stereocenters. The van der Waals surface area contributed by atoms with Crippen LogP contribution < -0.4 is 0 Å². The van der Waals surface area contributed by atoms with Crippen LogP contribution >= 0.6 is 0 Å². The zero-order chi connectivity index (χ0) is 22.0. The van der Waals surface area contributed by atoms with Gasteiger partial charge in [-0.2, -0.15) is 0 Å². The molecule has 0 bridgehead atoms. The van der Waals surface area contributed by atoms with Gasteiger partial charge in [-0.1, -0.05) is 30.3 Å². The van der Waals surface area contributed by atoms with Crippen molar-refractivity contribution >= 4 is 39.4 Å². The Morgan fingerprint density at radius 2 is 1.74 bits per heavy atom. The van der Waals surface area contributed by atoms with E-state index >= 15 is 0 Å². The summed E-state index contributed by atoms with van der Waals surface area (Å²) in [7, 11) is 1.19. The third-order valence-electron chi connectivity index (χ3n) is 4.71. The van der Waals surface area contributed by atoms with Crippen LogP contribution in [0.1, 0.15) is 21.9 Å². The smallest absolute Gasteiger partial charge is 0.345 e. The van der Waals surface area contributed by atoms with Crippen molar-refractivity contribution in [2.45, 2.75) is 6.92 Å². The molecule has 4 rings (SSSR count). The fraction of sp³-hybridized carbons (Fsp3) is 0.130. The number of aliphatic hydroxyl groups excluding tert-OH is 1. The number of carbonyl (C=O) groups is 2. The molecule has 8 heteroatoms. The molecule has 0 saturated carbocycles. The molecular formula is C23H19N3O5. The molecule has 2 aromatic heterocycles. The van der Waals surface area contributed by atoms with Crippen LogP contribution in [0.25, 0.3) is 27.5 Å². The van der Waals surface area contributed by atoms with E-state index in [4.69, 9.17) is 9.47 Å². The summed E-state index contributed by atoms with van der Waals surface area (Å²) >= 11 is 0. The third-order valence-corrected chi connectivity index (χ3v) is 4.71. The van der Waals surface area contributed by atoms with E-state index in [9.17, 15) is 14.7 Å². The van der Waals surface area contributed by atoms with Crippen LogP contribution in [0.2, 0.25) is 0 Å². The number of benzene rings is 2. The maximum atomic E-state index is 12.7. The standard InChI is InChI=1S/C23H19N3O5/c1-13-11-15(14-7-3-4-8-16(14)24-13)22(28)31-12-19(27)20(23(29)30-2)21-25-17-9-5-6-10-18(17)26-21/h3-11,27H,12H2,1-2H3,(H,25,26)/b20-19+. The third kappa shape index (κ3) is 3.95. The number of H-pyrrole nitrogens is 1. The number of rotatable bonds is 5. The number of carbonyl (C=O) groups excluding carboxylic acids is 2. The molecule has 0 aliphatic heterocycles. The first-order valence-electron chi connectivity index (χ1n) is 9.47. The Labute approximate surface area is 177 Å². The normalized spacial score (nSPS) is 11.9. The van der Waals surface area contributed by atoms with E-state index in [0.717, 1.165) is 0 Å². The molecule has 0 fully saturated rings. The first-order chi connectivity index (χ1) is 15.0. The Morgan fingerprint density at radius 3 is 2.48 bits per heavy atom. The number of nitrogens with one attached hydrogen (secondary N) is 1. The van der Waals surface area contributed by atoms with E-state index in [-0.39, 0.29) is 11.4 Å². The molecule has 0 amide bonds. The lowest BCUT2D eigenvalue weighted by Crippen LogP contribution is -2.14. The predicted octanol–water partition coefficient (Wildman–Crippen LogP) is 3.72. The van der Waals surface area contributed by atoms with Gasteiger partial charge in [-0.15, -0.1) is 0 Å². The summed E-state index contributed by atoms with van der Waals surface area (Å²) < 4.78 is 10.1. The van der Waals surface area contributed by atoms with E-state index < -0.39 is 24.3 Å². The van der Waals surface area contributed by atoms with Crippen molar-refractivity contribution < 1.29 is 24.2 Å². The highest BCUT2D eigenvalue weighted by Gasteiger charge is 2.23. The summed E-state index contributed by atoms with van der Waals surface area (Å²) in [6, 6.07) is 16.0. The van der Waals surface area contributed by atoms with Gasteiger partial charge in [0.05, 0.1) is 29.2 Å². The van der Waals surface area contributed by atoms with Crippen molar-refractivity contribution in [1.29, 1.82) is 0 Å². The lowest BCUT2D eigenvalue weighted by Gasteiger charge is -2.10. The second-order valence-electron chi connectivity index (χ2n) is 6.82. The SMILES string of the molecule is COC(=O)/C(=C(/O)COC(=O)c1cc(C)nc2ccccc12)c1nc2ccccc2[nH]1. The lowest BCUT2D eigenvalue weighted by molar-refractivity contribution is -0.133. The molecule has 0 atom stereocenters. The van der Waals surface area contributed by atoms with Gasteiger partial charge in [0.1, 0.15) is 23.8 Å². The molecule has 0 aliphatic rings. The fourth-order valence-corrected chi connectivity index (χ4v) is 3.28. The number of aromatic amines is 1. The zero-order valence-corrected chi connectivity index (χ0v) is 16.9. The van der Waals surface area contributed by atoms with Gasteiger partial charge in [-0.3, -0.25) is 4.98 Å². The topological polar surface area (TPSA) is 114 Å². The summed E-state index contributed by atoms with van der Waals surface area (Å²) in [5.74, 6) is -1.82. The summed E-state index contributed by atoms with van der Waals surface area (Å²) in [4.78, 5) is 36.7. The van der Waals surface area contributed by atoms with Crippen LogP contribution in [0, 0.1) is 6.92 Å². The van der Waals surface area contributed by atoms with Gasteiger partial charge in [0.25, 0.3) is 0 Å². The minimum atomic E-state index is -0.808. The molecule has 156 valence electrons. The molecule has 2 aromatic carbocycles. The first-order valence-corrected chi connectivity index (χ1v) is 9.47. The Morgan fingerprint density at radius 1 is 1.03 bits per heavy atom. The molecule has 8 nitrogen and oxygen atoms in total. The number of fused-ring (bicyclic) bond motifs is 2. The molecule has 0 radical (unpaired) electrons. The van der Waals surface area contributed by atoms with Crippen molar-refractivity contribution in [3.05, 3.63) is 77.4 Å². The largest absolute Gasteiger partial charge is 0.508 e. The van der Waals surface area contributed by atoms with Crippen LogP contribution in [0.5, 0.6) is 0 Å². The maximum absolute atomic E-state index is 12.7. The number of aryl methyl sites for hydroxylation is 1. The van der Waals surface area contributed by atoms with E-state index in [1.165, 1.54) is 7.11 Å². The minimum absolute atomic E-state index is 0.117. The fourth-order valence-electron chi connectivity index (χ4n) is 3.28. The average Bonchev–Trinajstić information content (AvgIpc) is 3.20. The first kappa shape index (κ1) is 20.1. The second kappa shape index (κ2) is 8.27. The molecule has 0 aliphatic carbocycles. The van der Waals surface area contributed by atoms with Crippen LogP contribution in [-0.4, -0.2) is 45.7 Å². The van der Waals surface area contributed by atoms with Crippen molar-refractivity contribution in [2.24, 2.45) is 0 Å². The summed E-state index contributed by atoms with van der Waals surface area (Å²) in [6.07, 6.45) is 0. The molecule has 31 heavy (non-hydrogen) atoms. The van der Waals surface area contributed by atoms with Crippen molar-refractivity contribution in [1.82, 2.24) is 15.0 Å². The van der Waals surface area contributed by atoms with Crippen LogP contribution in [0.3, 0.4) is 0 Å². The van der Waals surface area contributed by atoms with E-state index in [2.05, 4.69) is 15.0 Å². The highest BCUT2D eigenvalue weighted by atomic mass is 16.5. The zero-order valence-electron chi connectivity index (χ0n) is 16.9. The quantitative estimate of drug-likeness (QED) is 0.289. The molecule has 0 spiro atoms. The number of para-hydroxylation sites is 3. The number of nitrogens with zero attached hydrogens (tertiary/aromatic N) is 2. The molecule has 2 N–H and O–H groups in total. The number of hydrogen-bond acceptors (Lipinski definition) is 7. The van der Waals surface area contributed by atoms with Gasteiger partial charge in [0, 0.05) is 11.1 Å². The predicted molar refractivity (Wildman–Crippen MR) is 114 cm³/mol. The number of esters is 2. The summed E-state index contributed by atoms with van der Waals surface area (Å²) in [6.45, 7) is 1.24. The Bertz CT molecular complexity index is 1310. The highest BCUT2D eigenvalue weighted by molar-refractivity contribution is 6.16. The molecule has 2 heterocycles. The lowest BCUT2D eigenvalue weighted by atomic mass is 10.1. The maximum Gasteiger partial charge on any atom is 0.345 e. The Hall–Kier alpha value is -4.20. The Balaban J connectivity index is 1.65. The molecule has 0 saturated heterocycles. The van der Waals surface area contributed by atoms with Gasteiger partial charge in [0.15, 0.2) is 0 Å². The highest BCUT2D eigenvalue weighted by Crippen LogP contribution is 2.22. The van der Waals surface area contributed by atoms with E-state index in [1.807, 2.05) is 12.1 Å².